The topological polar surface area (TPSA) is 305 Å². The van der Waals surface area contributed by atoms with Gasteiger partial charge in [-0.05, 0) is 37.3 Å². The maximum Gasteiger partial charge on any atom is 0.326 e. The first-order valence-corrected chi connectivity index (χ1v) is 13.7. The van der Waals surface area contributed by atoms with E-state index in [0.29, 0.717) is 5.56 Å². The highest BCUT2D eigenvalue weighted by molar-refractivity contribution is 5.95. The Bertz CT molecular complexity index is 1370. The second-order valence-corrected chi connectivity index (χ2v) is 10.0. The van der Waals surface area contributed by atoms with Gasteiger partial charge in [0.15, 0.2) is 5.96 Å². The van der Waals surface area contributed by atoms with E-state index in [9.17, 15) is 39.0 Å². The Balaban J connectivity index is 2.28. The average molecular weight is 619 g/mol. The summed E-state index contributed by atoms with van der Waals surface area (Å²) in [6.45, 7) is 0.102. The summed E-state index contributed by atoms with van der Waals surface area (Å²) in [5.74, 6) is -6.63. The van der Waals surface area contributed by atoms with Gasteiger partial charge in [-0.1, -0.05) is 18.2 Å². The number of aromatic nitrogens is 1. The van der Waals surface area contributed by atoms with E-state index in [-0.39, 0.29) is 51.0 Å². The Morgan fingerprint density at radius 2 is 1.39 bits per heavy atom. The summed E-state index contributed by atoms with van der Waals surface area (Å²) in [6.07, 6.45) is 0.166. The Kier molecular flexibility index (Phi) is 13.6. The van der Waals surface area contributed by atoms with Crippen LogP contribution in [0.3, 0.4) is 0 Å². The lowest BCUT2D eigenvalue weighted by Crippen LogP contribution is -2.57. The van der Waals surface area contributed by atoms with Crippen LogP contribution < -0.4 is 33.2 Å². The summed E-state index contributed by atoms with van der Waals surface area (Å²) in [4.78, 5) is 80.2. The molecule has 0 aliphatic carbocycles. The summed E-state index contributed by atoms with van der Waals surface area (Å²) in [5, 5.41) is 35.7. The standard InChI is InChI=1S/C27H38N8O9/c28-16(7-9-21(36)37)23(40)35-20(12-14-13-32-17-5-2-1-4-15(14)17)25(42)33-18(8-10-22(38)39)24(41)34-19(26(43)44)6-3-11-31-27(29)30/h1-2,4-5,13,16,18-20,32H,3,6-12,28H2,(H,33,42)(H,34,41)(H,35,40)(H,36,37)(H,38,39)(H,43,44)(H4,29,30,31). The molecule has 13 N–H and O–H groups in total. The van der Waals surface area contributed by atoms with E-state index in [1.165, 1.54) is 0 Å². The highest BCUT2D eigenvalue weighted by atomic mass is 16.4. The smallest absolute Gasteiger partial charge is 0.326 e. The van der Waals surface area contributed by atoms with E-state index in [2.05, 4.69) is 25.9 Å². The third kappa shape index (κ3) is 11.6. The molecule has 0 aliphatic heterocycles. The first kappa shape index (κ1) is 35.0. The minimum Gasteiger partial charge on any atom is -0.481 e. The quantitative estimate of drug-likeness (QED) is 0.0481. The Morgan fingerprint density at radius 3 is 2.02 bits per heavy atom. The van der Waals surface area contributed by atoms with Crippen LogP contribution in [0.5, 0.6) is 0 Å². The van der Waals surface area contributed by atoms with Gasteiger partial charge in [-0.3, -0.25) is 29.0 Å². The van der Waals surface area contributed by atoms with Crippen molar-refractivity contribution >= 4 is 52.5 Å². The Hall–Kier alpha value is -5.19. The number of nitrogens with two attached hydrogens (primary N) is 3. The molecule has 17 heteroatoms. The number of carboxylic acid groups (broad SMARTS) is 3. The fraction of sp³-hybridized carbons (Fsp3) is 0.444. The molecule has 0 aliphatic rings. The van der Waals surface area contributed by atoms with Crippen molar-refractivity contribution in [2.24, 2.45) is 22.2 Å². The lowest BCUT2D eigenvalue weighted by molar-refractivity contribution is -0.143. The Labute approximate surface area is 251 Å². The first-order valence-electron chi connectivity index (χ1n) is 13.7. The zero-order valence-corrected chi connectivity index (χ0v) is 23.8. The summed E-state index contributed by atoms with van der Waals surface area (Å²) in [6, 6.07) is 1.70. The molecule has 1 heterocycles. The van der Waals surface area contributed by atoms with Gasteiger partial charge in [0, 0.05) is 42.9 Å². The van der Waals surface area contributed by atoms with Gasteiger partial charge in [-0.25, -0.2) is 4.79 Å². The van der Waals surface area contributed by atoms with Gasteiger partial charge in [-0.2, -0.15) is 0 Å². The number of aliphatic imine (C=N–C) groups is 1. The van der Waals surface area contributed by atoms with Gasteiger partial charge < -0.3 is 53.5 Å². The van der Waals surface area contributed by atoms with Gasteiger partial charge in [0.25, 0.3) is 0 Å². The highest BCUT2D eigenvalue weighted by Crippen LogP contribution is 2.19. The number of rotatable bonds is 19. The molecule has 0 spiro atoms. The zero-order valence-electron chi connectivity index (χ0n) is 23.8. The molecule has 240 valence electrons. The number of benzene rings is 1. The Morgan fingerprint density at radius 1 is 0.795 bits per heavy atom. The summed E-state index contributed by atoms with van der Waals surface area (Å²) in [7, 11) is 0. The number of para-hydroxylation sites is 1. The van der Waals surface area contributed by atoms with Crippen LogP contribution in [0.2, 0.25) is 0 Å². The van der Waals surface area contributed by atoms with Crippen molar-refractivity contribution in [1.82, 2.24) is 20.9 Å². The van der Waals surface area contributed by atoms with Crippen molar-refractivity contribution in [3.63, 3.8) is 0 Å². The number of aliphatic carboxylic acids is 3. The lowest BCUT2D eigenvalue weighted by Gasteiger charge is -2.25. The maximum absolute atomic E-state index is 13.5. The van der Waals surface area contributed by atoms with Crippen LogP contribution in [0, 0.1) is 0 Å². The largest absolute Gasteiger partial charge is 0.481 e. The lowest BCUT2D eigenvalue weighted by atomic mass is 10.0. The van der Waals surface area contributed by atoms with Gasteiger partial charge in [-0.15, -0.1) is 0 Å². The van der Waals surface area contributed by atoms with E-state index in [0.717, 1.165) is 10.9 Å². The number of carbonyl (C=O) groups is 6. The summed E-state index contributed by atoms with van der Waals surface area (Å²) < 4.78 is 0. The van der Waals surface area contributed by atoms with E-state index >= 15 is 0 Å². The van der Waals surface area contributed by atoms with Crippen molar-refractivity contribution in [3.8, 4) is 0 Å². The number of hydrogen-bond acceptors (Lipinski definition) is 8. The number of H-pyrrole nitrogens is 1. The van der Waals surface area contributed by atoms with E-state index in [1.54, 1.807) is 30.5 Å². The van der Waals surface area contributed by atoms with E-state index < -0.39 is 66.2 Å². The van der Waals surface area contributed by atoms with Gasteiger partial charge in [0.05, 0.1) is 6.04 Å². The van der Waals surface area contributed by atoms with Crippen LogP contribution in [-0.2, 0) is 35.2 Å². The molecule has 44 heavy (non-hydrogen) atoms. The highest BCUT2D eigenvalue weighted by Gasteiger charge is 2.31. The third-order valence-corrected chi connectivity index (χ3v) is 6.58. The van der Waals surface area contributed by atoms with Crippen molar-refractivity contribution in [2.75, 3.05) is 6.54 Å². The van der Waals surface area contributed by atoms with Crippen LogP contribution in [-0.4, -0.2) is 92.6 Å². The molecule has 0 bridgehead atoms. The number of carboxylic acids is 3. The predicted octanol–water partition coefficient (Wildman–Crippen LogP) is -1.64. The molecule has 1 aromatic heterocycles. The molecule has 0 radical (unpaired) electrons. The molecular weight excluding hydrogens is 580 g/mol. The molecule has 2 rings (SSSR count). The molecule has 0 saturated carbocycles. The number of guanidine groups is 1. The number of hydrogen-bond donors (Lipinski definition) is 10. The van der Waals surface area contributed by atoms with Crippen LogP contribution >= 0.6 is 0 Å². The number of nitrogens with zero attached hydrogens (tertiary/aromatic N) is 1. The van der Waals surface area contributed by atoms with Gasteiger partial charge in [0.2, 0.25) is 17.7 Å². The van der Waals surface area contributed by atoms with E-state index in [1.807, 2.05) is 0 Å². The number of nitrogens with one attached hydrogen (secondary N) is 4. The second kappa shape index (κ2) is 17.1. The van der Waals surface area contributed by atoms with Crippen LogP contribution in [0.1, 0.15) is 44.1 Å². The maximum atomic E-state index is 13.5. The molecule has 3 amide bonds. The van der Waals surface area contributed by atoms with Crippen molar-refractivity contribution in [3.05, 3.63) is 36.0 Å². The number of carbonyl (C=O) groups excluding carboxylic acids is 3. The minimum atomic E-state index is -1.48. The molecule has 2 aromatic rings. The van der Waals surface area contributed by atoms with Gasteiger partial charge in [0.1, 0.15) is 18.1 Å². The second-order valence-electron chi connectivity index (χ2n) is 10.0. The predicted molar refractivity (Wildman–Crippen MR) is 157 cm³/mol. The fourth-order valence-corrected chi connectivity index (χ4v) is 4.26. The third-order valence-electron chi connectivity index (χ3n) is 6.58. The number of amides is 3. The molecule has 17 nitrogen and oxygen atoms in total. The van der Waals surface area contributed by atoms with Crippen LogP contribution in [0.25, 0.3) is 10.9 Å². The average Bonchev–Trinajstić information content (AvgIpc) is 3.37. The normalized spacial score (nSPS) is 13.6. The monoisotopic (exact) mass is 618 g/mol. The van der Waals surface area contributed by atoms with Crippen LogP contribution in [0.4, 0.5) is 0 Å². The summed E-state index contributed by atoms with van der Waals surface area (Å²) >= 11 is 0. The molecular formula is C27H38N8O9. The van der Waals surface area contributed by atoms with Crippen molar-refractivity contribution < 1.29 is 44.1 Å². The number of fused-ring (bicyclic) bond motifs is 1. The molecule has 4 unspecified atom stereocenters. The molecule has 0 saturated heterocycles. The minimum absolute atomic E-state index is 0.0646. The number of aromatic amines is 1. The molecule has 0 fully saturated rings. The van der Waals surface area contributed by atoms with Crippen LogP contribution in [0.15, 0.2) is 35.5 Å². The zero-order chi connectivity index (χ0) is 32.8. The fourth-order valence-electron chi connectivity index (χ4n) is 4.26. The SMILES string of the molecule is NC(N)=NCCCC(NC(=O)C(CCC(=O)O)NC(=O)C(Cc1c[nH]c2ccccc12)NC(=O)C(N)CCC(=O)O)C(=O)O. The summed E-state index contributed by atoms with van der Waals surface area (Å²) in [5.41, 5.74) is 17.7. The van der Waals surface area contributed by atoms with Crippen molar-refractivity contribution in [2.45, 2.75) is 69.1 Å². The molecule has 1 aromatic carbocycles. The molecule has 4 atom stereocenters. The first-order chi connectivity index (χ1) is 20.8. The van der Waals surface area contributed by atoms with E-state index in [4.69, 9.17) is 22.3 Å². The van der Waals surface area contributed by atoms with Crippen molar-refractivity contribution in [1.29, 1.82) is 0 Å². The van der Waals surface area contributed by atoms with Gasteiger partial charge >= 0.3 is 17.9 Å².